The molecule has 0 bridgehead atoms. The Labute approximate surface area is 105 Å². The Kier molecular flexibility index (Phi) is 4.88. The molecule has 0 saturated heterocycles. The van der Waals surface area contributed by atoms with Gasteiger partial charge in [0, 0.05) is 17.4 Å². The molecule has 0 aliphatic rings. The minimum atomic E-state index is -0.497. The summed E-state index contributed by atoms with van der Waals surface area (Å²) in [7, 11) is 0. The van der Waals surface area contributed by atoms with E-state index in [1.165, 1.54) is 12.1 Å². The molecule has 7 heteroatoms. The molecule has 1 aromatic rings. The Balaban J connectivity index is 2.69. The molecule has 88 valence electrons. The molecule has 0 aliphatic carbocycles. The van der Waals surface area contributed by atoms with Gasteiger partial charge < -0.3 is 5.32 Å². The SMILES string of the molecule is CCC(CBr)NC(=O)c1ccc([N+](=O)[O-])s1. The van der Waals surface area contributed by atoms with Gasteiger partial charge in [0.05, 0.1) is 9.80 Å². The molecule has 0 fully saturated rings. The van der Waals surface area contributed by atoms with Gasteiger partial charge in [0.25, 0.3) is 5.91 Å². The van der Waals surface area contributed by atoms with E-state index < -0.39 is 4.92 Å². The van der Waals surface area contributed by atoms with Crippen molar-refractivity contribution < 1.29 is 9.72 Å². The molecule has 0 spiro atoms. The molecule has 1 rings (SSSR count). The number of nitrogens with one attached hydrogen (secondary N) is 1. The van der Waals surface area contributed by atoms with Gasteiger partial charge in [-0.2, -0.15) is 0 Å². The third-order valence-electron chi connectivity index (χ3n) is 2.01. The average molecular weight is 307 g/mol. The Morgan fingerprint density at radius 1 is 1.69 bits per heavy atom. The highest BCUT2D eigenvalue weighted by molar-refractivity contribution is 9.09. The number of carbonyl (C=O) groups is 1. The number of amides is 1. The van der Waals surface area contributed by atoms with Crippen molar-refractivity contribution in [3.63, 3.8) is 0 Å². The standard InChI is InChI=1S/C9H11BrN2O3S/c1-2-6(5-10)11-9(13)7-3-4-8(16-7)12(14)15/h3-4,6H,2,5H2,1H3,(H,11,13). The number of rotatable bonds is 5. The fourth-order valence-corrected chi connectivity index (χ4v) is 2.40. The minimum absolute atomic E-state index is 0.0166. The molecule has 16 heavy (non-hydrogen) atoms. The summed E-state index contributed by atoms with van der Waals surface area (Å²) < 4.78 is 0. The zero-order valence-electron chi connectivity index (χ0n) is 8.60. The van der Waals surface area contributed by atoms with E-state index in [2.05, 4.69) is 21.2 Å². The van der Waals surface area contributed by atoms with Gasteiger partial charge in [0.15, 0.2) is 0 Å². The van der Waals surface area contributed by atoms with Gasteiger partial charge in [-0.05, 0) is 12.5 Å². The number of carbonyl (C=O) groups excluding carboxylic acids is 1. The number of halogens is 1. The lowest BCUT2D eigenvalue weighted by molar-refractivity contribution is -0.380. The van der Waals surface area contributed by atoms with Crippen LogP contribution < -0.4 is 5.32 Å². The van der Waals surface area contributed by atoms with Gasteiger partial charge in [-0.1, -0.05) is 34.2 Å². The normalized spacial score (nSPS) is 12.1. The number of nitrogens with zero attached hydrogens (tertiary/aromatic N) is 1. The van der Waals surface area contributed by atoms with Gasteiger partial charge in [-0.25, -0.2) is 0 Å². The number of hydrogen-bond donors (Lipinski definition) is 1. The second kappa shape index (κ2) is 5.95. The lowest BCUT2D eigenvalue weighted by atomic mass is 10.2. The number of thiophene rings is 1. The summed E-state index contributed by atoms with van der Waals surface area (Å²) in [4.78, 5) is 22.0. The highest BCUT2D eigenvalue weighted by Crippen LogP contribution is 2.23. The fraction of sp³-hybridized carbons (Fsp3) is 0.444. The largest absolute Gasteiger partial charge is 0.348 e. The molecule has 5 nitrogen and oxygen atoms in total. The van der Waals surface area contributed by atoms with Crippen LogP contribution in [0.4, 0.5) is 5.00 Å². The van der Waals surface area contributed by atoms with Crippen LogP contribution in [-0.2, 0) is 0 Å². The van der Waals surface area contributed by atoms with Gasteiger partial charge in [0.1, 0.15) is 0 Å². The van der Waals surface area contributed by atoms with Crippen LogP contribution in [-0.4, -0.2) is 22.2 Å². The van der Waals surface area contributed by atoms with Crippen molar-refractivity contribution in [3.05, 3.63) is 27.1 Å². The topological polar surface area (TPSA) is 72.2 Å². The smallest absolute Gasteiger partial charge is 0.324 e. The molecule has 1 amide bonds. The summed E-state index contributed by atoms with van der Waals surface area (Å²) in [5, 5.41) is 13.9. The molecule has 1 N–H and O–H groups in total. The predicted molar refractivity (Wildman–Crippen MR) is 66.3 cm³/mol. The average Bonchev–Trinajstić information content (AvgIpc) is 2.74. The first-order valence-corrected chi connectivity index (χ1v) is 6.63. The Hall–Kier alpha value is -0.950. The van der Waals surface area contributed by atoms with Crippen molar-refractivity contribution in [2.24, 2.45) is 0 Å². The van der Waals surface area contributed by atoms with Crippen LogP contribution in [0, 0.1) is 10.1 Å². The van der Waals surface area contributed by atoms with Crippen LogP contribution in [0.3, 0.4) is 0 Å². The first-order valence-electron chi connectivity index (χ1n) is 4.69. The maximum Gasteiger partial charge on any atom is 0.324 e. The molecule has 0 radical (unpaired) electrons. The lowest BCUT2D eigenvalue weighted by Crippen LogP contribution is -2.34. The molecule has 1 heterocycles. The van der Waals surface area contributed by atoms with Crippen molar-refractivity contribution in [1.29, 1.82) is 0 Å². The highest BCUT2D eigenvalue weighted by Gasteiger charge is 2.17. The summed E-state index contributed by atoms with van der Waals surface area (Å²) in [5.41, 5.74) is 0. The molecule has 0 saturated carbocycles. The summed E-state index contributed by atoms with van der Waals surface area (Å²) in [6.45, 7) is 1.96. The lowest BCUT2D eigenvalue weighted by Gasteiger charge is -2.12. The molecule has 1 atom stereocenters. The second-order valence-corrected chi connectivity index (χ2v) is 4.84. The summed E-state index contributed by atoms with van der Waals surface area (Å²) in [6, 6.07) is 2.86. The van der Waals surface area contributed by atoms with Crippen LogP contribution in [0.5, 0.6) is 0 Å². The van der Waals surface area contributed by atoms with Crippen LogP contribution in [0.25, 0.3) is 0 Å². The van der Waals surface area contributed by atoms with E-state index in [9.17, 15) is 14.9 Å². The van der Waals surface area contributed by atoms with E-state index in [-0.39, 0.29) is 17.0 Å². The zero-order valence-corrected chi connectivity index (χ0v) is 11.0. The molecular formula is C9H11BrN2O3S. The van der Waals surface area contributed by atoms with Crippen molar-refractivity contribution in [2.75, 3.05) is 5.33 Å². The van der Waals surface area contributed by atoms with Crippen LogP contribution in [0.1, 0.15) is 23.0 Å². The van der Waals surface area contributed by atoms with Crippen LogP contribution in [0.15, 0.2) is 12.1 Å². The van der Waals surface area contributed by atoms with E-state index in [0.29, 0.717) is 10.2 Å². The highest BCUT2D eigenvalue weighted by atomic mass is 79.9. The van der Waals surface area contributed by atoms with E-state index in [0.717, 1.165) is 17.8 Å². The number of nitro groups is 1. The van der Waals surface area contributed by atoms with Crippen molar-refractivity contribution in [1.82, 2.24) is 5.32 Å². The third-order valence-corrected chi connectivity index (χ3v) is 3.83. The van der Waals surface area contributed by atoms with Gasteiger partial charge in [-0.15, -0.1) is 0 Å². The van der Waals surface area contributed by atoms with E-state index in [1.54, 1.807) is 0 Å². The van der Waals surface area contributed by atoms with Crippen LogP contribution in [0.2, 0.25) is 0 Å². The van der Waals surface area contributed by atoms with E-state index in [4.69, 9.17) is 0 Å². The molecule has 0 aliphatic heterocycles. The first-order chi connectivity index (χ1) is 7.58. The van der Waals surface area contributed by atoms with Gasteiger partial charge in [-0.3, -0.25) is 14.9 Å². The molecule has 0 aromatic carbocycles. The Morgan fingerprint density at radius 2 is 2.38 bits per heavy atom. The maximum absolute atomic E-state index is 11.7. The third kappa shape index (κ3) is 3.28. The summed E-state index contributed by atoms with van der Waals surface area (Å²) >= 11 is 4.17. The van der Waals surface area contributed by atoms with Gasteiger partial charge in [0.2, 0.25) is 0 Å². The zero-order chi connectivity index (χ0) is 12.1. The minimum Gasteiger partial charge on any atom is -0.348 e. The predicted octanol–water partition coefficient (Wildman–Crippen LogP) is 2.56. The van der Waals surface area contributed by atoms with Gasteiger partial charge >= 0.3 is 5.00 Å². The number of hydrogen-bond acceptors (Lipinski definition) is 4. The van der Waals surface area contributed by atoms with Crippen molar-refractivity contribution >= 4 is 38.2 Å². The Morgan fingerprint density at radius 3 is 2.81 bits per heavy atom. The first kappa shape index (κ1) is 13.1. The number of alkyl halides is 1. The molecule has 1 aromatic heterocycles. The fourth-order valence-electron chi connectivity index (χ4n) is 1.05. The summed E-state index contributed by atoms with van der Waals surface area (Å²) in [5.74, 6) is -0.260. The second-order valence-electron chi connectivity index (χ2n) is 3.13. The van der Waals surface area contributed by atoms with Crippen molar-refractivity contribution in [3.8, 4) is 0 Å². The summed E-state index contributed by atoms with van der Waals surface area (Å²) in [6.07, 6.45) is 0.810. The monoisotopic (exact) mass is 306 g/mol. The quantitative estimate of drug-likeness (QED) is 0.516. The Bertz CT molecular complexity index is 390. The molecule has 1 unspecified atom stereocenters. The van der Waals surface area contributed by atoms with Crippen molar-refractivity contribution in [2.45, 2.75) is 19.4 Å². The maximum atomic E-state index is 11.7. The van der Waals surface area contributed by atoms with E-state index in [1.807, 2.05) is 6.92 Å². The molecular weight excluding hydrogens is 296 g/mol. The van der Waals surface area contributed by atoms with E-state index >= 15 is 0 Å². The van der Waals surface area contributed by atoms with Crippen LogP contribution >= 0.6 is 27.3 Å².